The van der Waals surface area contributed by atoms with Gasteiger partial charge in [0.25, 0.3) is 0 Å². The molecule has 0 aliphatic heterocycles. The van der Waals surface area contributed by atoms with Gasteiger partial charge in [-0.1, -0.05) is 57.2 Å². The molecule has 0 unspecified atom stereocenters. The topological polar surface area (TPSA) is 63.3 Å². The van der Waals surface area contributed by atoms with E-state index in [1.54, 1.807) is 0 Å². The Kier molecular flexibility index (Phi) is 4.03. The lowest BCUT2D eigenvalue weighted by Gasteiger charge is -2.24. The lowest BCUT2D eigenvalue weighted by atomic mass is 9.82. The maximum Gasteiger partial charge on any atom is 0.307 e. The van der Waals surface area contributed by atoms with Crippen LogP contribution in [0.25, 0.3) is 11.1 Å². The summed E-state index contributed by atoms with van der Waals surface area (Å²) in [5.74, 6) is -0.835. The highest BCUT2D eigenvalue weighted by atomic mass is 16.4. The van der Waals surface area contributed by atoms with Crippen LogP contribution in [0.5, 0.6) is 0 Å². The van der Waals surface area contributed by atoms with Gasteiger partial charge in [-0.05, 0) is 28.2 Å². The molecule has 0 amide bonds. The lowest BCUT2D eigenvalue weighted by molar-refractivity contribution is -0.136. The number of carbonyl (C=O) groups is 1. The first kappa shape index (κ1) is 15.1. The minimum Gasteiger partial charge on any atom is -0.481 e. The van der Waals surface area contributed by atoms with Crippen molar-refractivity contribution in [2.75, 3.05) is 5.73 Å². The van der Waals surface area contributed by atoms with Gasteiger partial charge in [0.2, 0.25) is 0 Å². The Bertz CT molecular complexity index is 655. The summed E-state index contributed by atoms with van der Waals surface area (Å²) in [7, 11) is 0. The standard InChI is InChI=1S/C18H21NO2/c1-18(2,3)15-10-12(11-16(20)21)9-14(17(15)19)13-7-5-4-6-8-13/h4-10H,11,19H2,1-3H3,(H,20,21). The summed E-state index contributed by atoms with van der Waals surface area (Å²) in [6, 6.07) is 13.6. The molecule has 2 rings (SSSR count). The predicted octanol–water partition coefficient (Wildman–Crippen LogP) is 3.86. The highest BCUT2D eigenvalue weighted by Crippen LogP contribution is 2.36. The molecule has 3 nitrogen and oxygen atoms in total. The summed E-state index contributed by atoms with van der Waals surface area (Å²) in [6.45, 7) is 6.24. The summed E-state index contributed by atoms with van der Waals surface area (Å²) in [5.41, 5.74) is 10.6. The van der Waals surface area contributed by atoms with Crippen molar-refractivity contribution in [2.45, 2.75) is 32.6 Å². The molecular weight excluding hydrogens is 262 g/mol. The number of rotatable bonds is 3. The first-order valence-electron chi connectivity index (χ1n) is 6.99. The maximum absolute atomic E-state index is 11.0. The van der Waals surface area contributed by atoms with E-state index in [2.05, 4.69) is 20.8 Å². The number of hydrogen-bond donors (Lipinski definition) is 2. The number of carboxylic acids is 1. The zero-order valence-corrected chi connectivity index (χ0v) is 12.7. The monoisotopic (exact) mass is 283 g/mol. The molecule has 0 aliphatic carbocycles. The molecule has 0 saturated heterocycles. The molecule has 3 heteroatoms. The number of carboxylic acid groups (broad SMARTS) is 1. The van der Waals surface area contributed by atoms with Crippen LogP contribution in [0.3, 0.4) is 0 Å². The minimum atomic E-state index is -0.835. The van der Waals surface area contributed by atoms with Gasteiger partial charge in [-0.15, -0.1) is 0 Å². The summed E-state index contributed by atoms with van der Waals surface area (Å²) in [6.07, 6.45) is 0.00317. The summed E-state index contributed by atoms with van der Waals surface area (Å²) < 4.78 is 0. The molecule has 21 heavy (non-hydrogen) atoms. The first-order chi connectivity index (χ1) is 9.79. The maximum atomic E-state index is 11.0. The zero-order valence-electron chi connectivity index (χ0n) is 12.7. The van der Waals surface area contributed by atoms with Crippen LogP contribution in [0.1, 0.15) is 31.9 Å². The lowest BCUT2D eigenvalue weighted by Crippen LogP contribution is -2.16. The van der Waals surface area contributed by atoms with Crippen LogP contribution in [0.2, 0.25) is 0 Å². The van der Waals surface area contributed by atoms with Gasteiger partial charge < -0.3 is 10.8 Å². The second-order valence-corrected chi connectivity index (χ2v) is 6.29. The van der Waals surface area contributed by atoms with Gasteiger partial charge in [0.15, 0.2) is 0 Å². The highest BCUT2D eigenvalue weighted by Gasteiger charge is 2.21. The second-order valence-electron chi connectivity index (χ2n) is 6.29. The molecule has 0 aliphatic rings. The number of nitrogens with two attached hydrogens (primary N) is 1. The van der Waals surface area contributed by atoms with Crippen molar-refractivity contribution in [3.05, 3.63) is 53.6 Å². The van der Waals surface area contributed by atoms with Crippen molar-refractivity contribution in [1.29, 1.82) is 0 Å². The van der Waals surface area contributed by atoms with Gasteiger partial charge in [0.05, 0.1) is 6.42 Å². The van der Waals surface area contributed by atoms with Crippen molar-refractivity contribution >= 4 is 11.7 Å². The van der Waals surface area contributed by atoms with E-state index in [1.165, 1.54) is 0 Å². The SMILES string of the molecule is CC(C)(C)c1cc(CC(=O)O)cc(-c2ccccc2)c1N. The van der Waals surface area contributed by atoms with E-state index in [9.17, 15) is 4.79 Å². The Labute approximate surface area is 125 Å². The first-order valence-corrected chi connectivity index (χ1v) is 6.99. The molecule has 0 saturated carbocycles. The second kappa shape index (κ2) is 5.60. The van der Waals surface area contributed by atoms with Crippen molar-refractivity contribution < 1.29 is 9.90 Å². The summed E-state index contributed by atoms with van der Waals surface area (Å²) in [4.78, 5) is 11.0. The highest BCUT2D eigenvalue weighted by molar-refractivity contribution is 5.81. The fraction of sp³-hybridized carbons (Fsp3) is 0.278. The smallest absolute Gasteiger partial charge is 0.307 e. The molecule has 2 aromatic rings. The van der Waals surface area contributed by atoms with E-state index in [0.29, 0.717) is 0 Å². The summed E-state index contributed by atoms with van der Waals surface area (Å²) in [5, 5.41) is 9.06. The van der Waals surface area contributed by atoms with Crippen molar-refractivity contribution in [3.8, 4) is 11.1 Å². The Morgan fingerprint density at radius 2 is 1.76 bits per heavy atom. The number of benzene rings is 2. The van der Waals surface area contributed by atoms with Crippen LogP contribution in [0, 0.1) is 0 Å². The number of aliphatic carboxylic acids is 1. The minimum absolute atomic E-state index is 0.00317. The van der Waals surface area contributed by atoms with Gasteiger partial charge >= 0.3 is 5.97 Å². The van der Waals surface area contributed by atoms with E-state index >= 15 is 0 Å². The van der Waals surface area contributed by atoms with Gasteiger partial charge in [-0.3, -0.25) is 4.79 Å². The molecule has 0 fully saturated rings. The fourth-order valence-corrected chi connectivity index (χ4v) is 2.47. The molecular formula is C18H21NO2. The van der Waals surface area contributed by atoms with Crippen molar-refractivity contribution in [3.63, 3.8) is 0 Å². The van der Waals surface area contributed by atoms with Crippen molar-refractivity contribution in [2.24, 2.45) is 0 Å². The normalized spacial score (nSPS) is 11.4. The molecule has 0 radical (unpaired) electrons. The molecule has 2 aromatic carbocycles. The zero-order chi connectivity index (χ0) is 15.6. The molecule has 0 heterocycles. The number of anilines is 1. The molecule has 3 N–H and O–H groups in total. The number of hydrogen-bond acceptors (Lipinski definition) is 2. The van der Waals surface area contributed by atoms with Crippen LogP contribution in [-0.4, -0.2) is 11.1 Å². The third kappa shape index (κ3) is 3.43. The van der Waals surface area contributed by atoms with E-state index in [-0.39, 0.29) is 11.8 Å². The average Bonchev–Trinajstić information content (AvgIpc) is 2.39. The van der Waals surface area contributed by atoms with E-state index in [0.717, 1.165) is 27.9 Å². The van der Waals surface area contributed by atoms with Crippen molar-refractivity contribution in [1.82, 2.24) is 0 Å². The van der Waals surface area contributed by atoms with Gasteiger partial charge in [0, 0.05) is 11.3 Å². The fourth-order valence-electron chi connectivity index (χ4n) is 2.47. The van der Waals surface area contributed by atoms with Crippen LogP contribution >= 0.6 is 0 Å². The van der Waals surface area contributed by atoms with E-state index in [4.69, 9.17) is 10.8 Å². The predicted molar refractivity (Wildman–Crippen MR) is 86.3 cm³/mol. The number of nitrogen functional groups attached to an aromatic ring is 1. The Morgan fingerprint density at radius 3 is 2.29 bits per heavy atom. The Hall–Kier alpha value is -2.29. The Balaban J connectivity index is 2.66. The summed E-state index contributed by atoms with van der Waals surface area (Å²) >= 11 is 0. The Morgan fingerprint density at radius 1 is 1.14 bits per heavy atom. The molecule has 0 aromatic heterocycles. The molecule has 0 atom stereocenters. The van der Waals surface area contributed by atoms with Gasteiger partial charge in [0.1, 0.15) is 0 Å². The van der Waals surface area contributed by atoms with Gasteiger partial charge in [-0.25, -0.2) is 0 Å². The van der Waals surface area contributed by atoms with Crippen LogP contribution in [-0.2, 0) is 16.6 Å². The molecule has 0 spiro atoms. The average molecular weight is 283 g/mol. The molecule has 110 valence electrons. The van der Waals surface area contributed by atoms with E-state index in [1.807, 2.05) is 42.5 Å². The largest absolute Gasteiger partial charge is 0.481 e. The van der Waals surface area contributed by atoms with Crippen LogP contribution in [0.15, 0.2) is 42.5 Å². The van der Waals surface area contributed by atoms with E-state index < -0.39 is 5.97 Å². The molecule has 0 bridgehead atoms. The third-order valence-corrected chi connectivity index (χ3v) is 3.49. The third-order valence-electron chi connectivity index (χ3n) is 3.49. The van der Waals surface area contributed by atoms with Gasteiger partial charge in [-0.2, -0.15) is 0 Å². The van der Waals surface area contributed by atoms with Crippen LogP contribution in [0.4, 0.5) is 5.69 Å². The quantitative estimate of drug-likeness (QED) is 0.841. The van der Waals surface area contributed by atoms with Crippen LogP contribution < -0.4 is 5.73 Å².